The zero-order valence-corrected chi connectivity index (χ0v) is 17.5. The van der Waals surface area contributed by atoms with E-state index in [-0.39, 0.29) is 23.3 Å². The van der Waals surface area contributed by atoms with Crippen LogP contribution >= 0.6 is 0 Å². The molecule has 1 aromatic carbocycles. The van der Waals surface area contributed by atoms with Gasteiger partial charge in [-0.3, -0.25) is 4.79 Å². The van der Waals surface area contributed by atoms with Crippen LogP contribution in [0, 0.1) is 17.3 Å². The summed E-state index contributed by atoms with van der Waals surface area (Å²) in [5, 5.41) is 14.6. The molecule has 2 N–H and O–H groups in total. The number of benzene rings is 1. The number of aryl methyl sites for hydroxylation is 1. The Kier molecular flexibility index (Phi) is 5.03. The topological polar surface area (TPSA) is 58.6 Å². The molecule has 3 aliphatic rings. The fourth-order valence-corrected chi connectivity index (χ4v) is 6.48. The highest BCUT2D eigenvalue weighted by atomic mass is 16.5. The number of aliphatic hydroxyl groups is 1. The lowest BCUT2D eigenvalue weighted by Crippen LogP contribution is -2.46. The number of methoxy groups -OCH3 is 1. The van der Waals surface area contributed by atoms with E-state index in [1.807, 2.05) is 6.92 Å². The molecule has 6 atom stereocenters. The number of ketones is 1. The normalized spacial score (nSPS) is 36.9. The Balaban J connectivity index is 1.58. The van der Waals surface area contributed by atoms with Crippen LogP contribution in [-0.2, 0) is 11.2 Å². The molecule has 152 valence electrons. The van der Waals surface area contributed by atoms with E-state index < -0.39 is 0 Å². The lowest BCUT2D eigenvalue weighted by atomic mass is 9.55. The molecule has 3 aliphatic carbocycles. The second-order valence-electron chi connectivity index (χ2n) is 9.39. The quantitative estimate of drug-likeness (QED) is 0.773. The number of hydrogen-bond acceptors (Lipinski definition) is 4. The number of fused-ring (bicyclic) bond motifs is 5. The number of ether oxygens (including phenoxy) is 1. The molecule has 0 saturated heterocycles. The molecule has 28 heavy (non-hydrogen) atoms. The first-order valence-electron chi connectivity index (χ1n) is 10.6. The van der Waals surface area contributed by atoms with Crippen molar-refractivity contribution in [2.75, 3.05) is 7.11 Å². The number of allylic oxidation sites excluding steroid dienone is 2. The first-order chi connectivity index (χ1) is 13.3. The van der Waals surface area contributed by atoms with Crippen LogP contribution in [0.2, 0.25) is 0 Å². The number of aliphatic hydroxyl groups excluding tert-OH is 1. The first kappa shape index (κ1) is 19.5. The van der Waals surface area contributed by atoms with Gasteiger partial charge in [0.2, 0.25) is 0 Å². The van der Waals surface area contributed by atoms with Crippen molar-refractivity contribution in [3.05, 3.63) is 41.1 Å². The fourth-order valence-electron chi connectivity index (χ4n) is 6.48. The molecule has 0 amide bonds. The number of carbonyl (C=O) groups excluding carboxylic acids is 1. The van der Waals surface area contributed by atoms with E-state index in [4.69, 9.17) is 4.74 Å². The monoisotopic (exact) mass is 383 g/mol. The van der Waals surface area contributed by atoms with Crippen molar-refractivity contribution < 1.29 is 14.6 Å². The minimum atomic E-state index is -0.369. The van der Waals surface area contributed by atoms with Crippen LogP contribution in [0.3, 0.4) is 0 Å². The van der Waals surface area contributed by atoms with Gasteiger partial charge in [-0.1, -0.05) is 13.0 Å². The molecule has 0 aromatic heterocycles. The fraction of sp³-hybridized carbons (Fsp3) is 0.625. The van der Waals surface area contributed by atoms with E-state index in [1.54, 1.807) is 20.1 Å². The maximum Gasteiger partial charge on any atom is 0.154 e. The molecule has 2 fully saturated rings. The predicted molar refractivity (Wildman–Crippen MR) is 110 cm³/mol. The zero-order valence-electron chi connectivity index (χ0n) is 17.5. The van der Waals surface area contributed by atoms with Gasteiger partial charge in [-0.05, 0) is 98.5 Å². The molecule has 4 nitrogen and oxygen atoms in total. The van der Waals surface area contributed by atoms with Gasteiger partial charge in [-0.15, -0.1) is 0 Å². The molecular weight excluding hydrogens is 350 g/mol. The maximum absolute atomic E-state index is 11.4. The third-order valence-corrected chi connectivity index (χ3v) is 7.77. The molecule has 4 rings (SSSR count). The SMILES string of the molecule is COc1ccc2c(c1)CC[C@@H]1[C@@H]2CC[C@]2(C)[C@H](O)[C@@H](N/C(C)=C/C(C)=O)C[C@@H]12. The van der Waals surface area contributed by atoms with Gasteiger partial charge in [0.05, 0.1) is 19.3 Å². The lowest BCUT2D eigenvalue weighted by molar-refractivity contribution is -0.112. The van der Waals surface area contributed by atoms with E-state index >= 15 is 0 Å². The molecule has 0 radical (unpaired) electrons. The average molecular weight is 384 g/mol. The van der Waals surface area contributed by atoms with Gasteiger partial charge < -0.3 is 15.2 Å². The molecule has 4 heteroatoms. The molecule has 0 spiro atoms. The zero-order chi connectivity index (χ0) is 20.1. The van der Waals surface area contributed by atoms with Crippen molar-refractivity contribution in [1.29, 1.82) is 0 Å². The van der Waals surface area contributed by atoms with Crippen LogP contribution < -0.4 is 10.1 Å². The minimum absolute atomic E-state index is 0.0293. The number of hydrogen-bond donors (Lipinski definition) is 2. The highest BCUT2D eigenvalue weighted by Gasteiger charge is 2.58. The van der Waals surface area contributed by atoms with Gasteiger partial charge in [0.1, 0.15) is 5.75 Å². The Morgan fingerprint density at radius 2 is 2.11 bits per heavy atom. The van der Waals surface area contributed by atoms with E-state index in [0.717, 1.165) is 37.1 Å². The van der Waals surface area contributed by atoms with Gasteiger partial charge >= 0.3 is 0 Å². The Bertz CT molecular complexity index is 801. The summed E-state index contributed by atoms with van der Waals surface area (Å²) in [6.45, 7) is 5.77. The highest BCUT2D eigenvalue weighted by Crippen LogP contribution is 2.61. The van der Waals surface area contributed by atoms with E-state index in [2.05, 4.69) is 30.4 Å². The highest BCUT2D eigenvalue weighted by molar-refractivity contribution is 5.87. The summed E-state index contributed by atoms with van der Waals surface area (Å²) in [5.74, 6) is 2.72. The summed E-state index contributed by atoms with van der Waals surface area (Å²) in [4.78, 5) is 11.4. The van der Waals surface area contributed by atoms with Gasteiger partial charge in [-0.25, -0.2) is 0 Å². The van der Waals surface area contributed by atoms with Crippen LogP contribution in [-0.4, -0.2) is 30.1 Å². The van der Waals surface area contributed by atoms with Crippen LogP contribution in [0.4, 0.5) is 0 Å². The summed E-state index contributed by atoms with van der Waals surface area (Å²) in [7, 11) is 1.73. The van der Waals surface area contributed by atoms with Crippen molar-refractivity contribution in [2.45, 2.75) is 70.9 Å². The second-order valence-corrected chi connectivity index (χ2v) is 9.39. The van der Waals surface area contributed by atoms with Crippen molar-refractivity contribution >= 4 is 5.78 Å². The van der Waals surface area contributed by atoms with Gasteiger partial charge in [-0.2, -0.15) is 0 Å². The standard InChI is InChI=1S/C24H33NO3/c1-14(11-15(2)26)25-22-13-21-20-7-5-16-12-17(28-4)6-8-18(16)19(20)9-10-24(21,3)23(22)27/h6,8,11-12,19-23,25,27H,5,7,9-10,13H2,1-4H3/b14-11+/t19-,20-,21+,22+,23-,24+/m1/s1. The second kappa shape index (κ2) is 7.22. The number of rotatable bonds is 4. The van der Waals surface area contributed by atoms with Crippen LogP contribution in [0.1, 0.15) is 63.5 Å². The van der Waals surface area contributed by atoms with Crippen LogP contribution in [0.25, 0.3) is 0 Å². The molecule has 0 aliphatic heterocycles. The summed E-state index contributed by atoms with van der Waals surface area (Å²) in [6, 6.07) is 6.61. The summed E-state index contributed by atoms with van der Waals surface area (Å²) in [6.07, 6.45) is 6.72. The van der Waals surface area contributed by atoms with Crippen molar-refractivity contribution in [3.8, 4) is 5.75 Å². The average Bonchev–Trinajstić information content (AvgIpc) is 2.91. The van der Waals surface area contributed by atoms with Crippen LogP contribution in [0.5, 0.6) is 5.75 Å². The van der Waals surface area contributed by atoms with Gasteiger partial charge in [0.25, 0.3) is 0 Å². The predicted octanol–water partition coefficient (Wildman–Crippen LogP) is 3.97. The molecule has 0 heterocycles. The molecule has 0 bridgehead atoms. The van der Waals surface area contributed by atoms with Crippen LogP contribution in [0.15, 0.2) is 30.0 Å². The molecular formula is C24H33NO3. The Labute approximate surface area is 168 Å². The smallest absolute Gasteiger partial charge is 0.154 e. The van der Waals surface area contributed by atoms with E-state index in [0.29, 0.717) is 17.8 Å². The Morgan fingerprint density at radius 1 is 1.32 bits per heavy atom. The van der Waals surface area contributed by atoms with Gasteiger partial charge in [0, 0.05) is 5.70 Å². The molecule has 1 aromatic rings. The Hall–Kier alpha value is -1.81. The lowest BCUT2D eigenvalue weighted by Gasteiger charge is -2.50. The summed E-state index contributed by atoms with van der Waals surface area (Å²) < 4.78 is 5.42. The van der Waals surface area contributed by atoms with E-state index in [1.165, 1.54) is 17.5 Å². The van der Waals surface area contributed by atoms with Crippen molar-refractivity contribution in [2.24, 2.45) is 17.3 Å². The molecule has 0 unspecified atom stereocenters. The summed E-state index contributed by atoms with van der Waals surface area (Å²) >= 11 is 0. The number of carbonyl (C=O) groups is 1. The summed E-state index contributed by atoms with van der Waals surface area (Å²) in [5.41, 5.74) is 3.76. The minimum Gasteiger partial charge on any atom is -0.497 e. The van der Waals surface area contributed by atoms with Crippen molar-refractivity contribution in [1.82, 2.24) is 5.32 Å². The molecule has 2 saturated carbocycles. The first-order valence-corrected chi connectivity index (χ1v) is 10.6. The van der Waals surface area contributed by atoms with Gasteiger partial charge in [0.15, 0.2) is 5.78 Å². The third-order valence-electron chi connectivity index (χ3n) is 7.77. The largest absolute Gasteiger partial charge is 0.497 e. The third kappa shape index (κ3) is 3.16. The Morgan fingerprint density at radius 3 is 2.82 bits per heavy atom. The van der Waals surface area contributed by atoms with E-state index in [9.17, 15) is 9.90 Å². The number of nitrogens with one attached hydrogen (secondary N) is 1. The van der Waals surface area contributed by atoms with Crippen molar-refractivity contribution in [3.63, 3.8) is 0 Å². The maximum atomic E-state index is 11.4.